The molecule has 5 nitrogen and oxygen atoms in total. The summed E-state index contributed by atoms with van der Waals surface area (Å²) in [6.45, 7) is 2.74. The summed E-state index contributed by atoms with van der Waals surface area (Å²) >= 11 is 0. The van der Waals surface area contributed by atoms with Gasteiger partial charge in [-0.25, -0.2) is 0 Å². The molecule has 1 aliphatic carbocycles. The van der Waals surface area contributed by atoms with Crippen LogP contribution in [0.3, 0.4) is 0 Å². The van der Waals surface area contributed by atoms with Crippen molar-refractivity contribution >= 4 is 11.7 Å². The number of amides is 1. The van der Waals surface area contributed by atoms with Gasteiger partial charge in [0.1, 0.15) is 5.84 Å². The molecule has 0 aromatic heterocycles. The van der Waals surface area contributed by atoms with Gasteiger partial charge in [0.2, 0.25) is 5.91 Å². The summed E-state index contributed by atoms with van der Waals surface area (Å²) < 4.78 is 0. The van der Waals surface area contributed by atoms with E-state index in [4.69, 9.17) is 10.9 Å². The number of nitrogens with two attached hydrogens (primary N) is 1. The van der Waals surface area contributed by atoms with Gasteiger partial charge in [-0.3, -0.25) is 4.79 Å². The Labute approximate surface area is 109 Å². The van der Waals surface area contributed by atoms with Gasteiger partial charge in [-0.1, -0.05) is 31.3 Å². The molecule has 0 saturated heterocycles. The van der Waals surface area contributed by atoms with Crippen molar-refractivity contribution in [1.82, 2.24) is 4.90 Å². The van der Waals surface area contributed by atoms with Gasteiger partial charge in [-0.15, -0.1) is 0 Å². The van der Waals surface area contributed by atoms with E-state index < -0.39 is 0 Å². The Kier molecular flexibility index (Phi) is 6.54. The van der Waals surface area contributed by atoms with E-state index in [1.165, 1.54) is 12.8 Å². The number of carbonyl (C=O) groups excluding carboxylic acids is 1. The van der Waals surface area contributed by atoms with Gasteiger partial charge in [0, 0.05) is 25.4 Å². The van der Waals surface area contributed by atoms with Crippen molar-refractivity contribution in [2.24, 2.45) is 10.9 Å². The monoisotopic (exact) mass is 255 g/mol. The lowest BCUT2D eigenvalue weighted by molar-refractivity contribution is -0.131. The number of unbranched alkanes of at least 4 members (excludes halogenated alkanes) is 3. The second-order valence-electron chi connectivity index (χ2n) is 4.97. The normalized spacial score (nSPS) is 15.7. The lowest BCUT2D eigenvalue weighted by atomic mass is 10.1. The molecule has 0 unspecified atom stereocenters. The maximum Gasteiger partial charge on any atom is 0.222 e. The Balaban J connectivity index is 2.29. The lowest BCUT2D eigenvalue weighted by Crippen LogP contribution is -2.35. The Morgan fingerprint density at radius 2 is 2.06 bits per heavy atom. The molecular formula is C13H25N3O2. The molecule has 0 aromatic rings. The molecule has 0 spiro atoms. The van der Waals surface area contributed by atoms with Crippen LogP contribution < -0.4 is 5.73 Å². The molecule has 5 heteroatoms. The SMILES string of the molecule is CCCCCCC(=O)N(CCC(N)=NO)C1CC1. The molecule has 1 aliphatic rings. The number of oxime groups is 1. The molecule has 0 bridgehead atoms. The summed E-state index contributed by atoms with van der Waals surface area (Å²) in [7, 11) is 0. The molecule has 1 rings (SSSR count). The Bertz CT molecular complexity index is 288. The maximum atomic E-state index is 12.1. The maximum absolute atomic E-state index is 12.1. The van der Waals surface area contributed by atoms with Gasteiger partial charge in [-0.05, 0) is 19.3 Å². The summed E-state index contributed by atoms with van der Waals surface area (Å²) in [5, 5.41) is 11.4. The first-order valence-corrected chi connectivity index (χ1v) is 6.95. The second kappa shape index (κ2) is 7.95. The van der Waals surface area contributed by atoms with E-state index in [-0.39, 0.29) is 11.7 Å². The standard InChI is InChI=1S/C13H25N3O2/c1-2-3-4-5-6-13(17)16(11-7-8-11)10-9-12(14)15-18/h11,18H,2-10H2,1H3,(H2,14,15). The molecule has 0 aromatic carbocycles. The molecule has 0 aliphatic heterocycles. The van der Waals surface area contributed by atoms with Crippen LogP contribution in [0.1, 0.15) is 58.3 Å². The van der Waals surface area contributed by atoms with Crippen LogP contribution in [-0.4, -0.2) is 34.4 Å². The molecule has 1 fully saturated rings. The van der Waals surface area contributed by atoms with Crippen LogP contribution >= 0.6 is 0 Å². The van der Waals surface area contributed by atoms with Crippen LogP contribution in [0.4, 0.5) is 0 Å². The largest absolute Gasteiger partial charge is 0.409 e. The topological polar surface area (TPSA) is 78.9 Å². The van der Waals surface area contributed by atoms with E-state index in [1.54, 1.807) is 0 Å². The molecule has 104 valence electrons. The van der Waals surface area contributed by atoms with Crippen molar-refractivity contribution in [3.05, 3.63) is 0 Å². The van der Waals surface area contributed by atoms with E-state index in [2.05, 4.69) is 12.1 Å². The first-order chi connectivity index (χ1) is 8.69. The summed E-state index contributed by atoms with van der Waals surface area (Å²) in [6.07, 6.45) is 7.75. The van der Waals surface area contributed by atoms with Crippen molar-refractivity contribution in [1.29, 1.82) is 0 Å². The van der Waals surface area contributed by atoms with Gasteiger partial charge in [0.05, 0.1) is 0 Å². The molecule has 0 radical (unpaired) electrons. The van der Waals surface area contributed by atoms with E-state index in [0.29, 0.717) is 25.4 Å². The van der Waals surface area contributed by atoms with Crippen molar-refractivity contribution in [3.8, 4) is 0 Å². The van der Waals surface area contributed by atoms with Crippen molar-refractivity contribution in [3.63, 3.8) is 0 Å². The smallest absolute Gasteiger partial charge is 0.222 e. The fourth-order valence-corrected chi connectivity index (χ4v) is 2.03. The zero-order chi connectivity index (χ0) is 13.4. The molecule has 0 atom stereocenters. The van der Waals surface area contributed by atoms with Crippen LogP contribution in [0.2, 0.25) is 0 Å². The number of hydrogen-bond acceptors (Lipinski definition) is 3. The third-order valence-corrected chi connectivity index (χ3v) is 3.29. The predicted molar refractivity (Wildman–Crippen MR) is 71.5 cm³/mol. The lowest BCUT2D eigenvalue weighted by Gasteiger charge is -2.22. The second-order valence-corrected chi connectivity index (χ2v) is 4.97. The molecule has 18 heavy (non-hydrogen) atoms. The number of amidine groups is 1. The highest BCUT2D eigenvalue weighted by atomic mass is 16.4. The van der Waals surface area contributed by atoms with E-state index in [9.17, 15) is 4.79 Å². The van der Waals surface area contributed by atoms with E-state index in [0.717, 1.165) is 25.7 Å². The van der Waals surface area contributed by atoms with Gasteiger partial charge >= 0.3 is 0 Å². The fourth-order valence-electron chi connectivity index (χ4n) is 2.03. The molecule has 3 N–H and O–H groups in total. The average molecular weight is 255 g/mol. The number of nitrogens with zero attached hydrogens (tertiary/aromatic N) is 2. The fraction of sp³-hybridized carbons (Fsp3) is 0.846. The third-order valence-electron chi connectivity index (χ3n) is 3.29. The number of hydrogen-bond donors (Lipinski definition) is 2. The van der Waals surface area contributed by atoms with Crippen LogP contribution in [-0.2, 0) is 4.79 Å². The minimum Gasteiger partial charge on any atom is -0.409 e. The van der Waals surface area contributed by atoms with Crippen LogP contribution in [0.15, 0.2) is 5.16 Å². The molecular weight excluding hydrogens is 230 g/mol. The average Bonchev–Trinajstić information content (AvgIpc) is 3.19. The van der Waals surface area contributed by atoms with Crippen LogP contribution in [0.5, 0.6) is 0 Å². The summed E-state index contributed by atoms with van der Waals surface area (Å²) in [5.74, 6) is 0.416. The van der Waals surface area contributed by atoms with Gasteiger partial charge in [0.25, 0.3) is 0 Å². The van der Waals surface area contributed by atoms with E-state index >= 15 is 0 Å². The van der Waals surface area contributed by atoms with Gasteiger partial charge < -0.3 is 15.8 Å². The summed E-state index contributed by atoms with van der Waals surface area (Å²) in [6, 6.07) is 0.398. The first-order valence-electron chi connectivity index (χ1n) is 6.95. The van der Waals surface area contributed by atoms with Crippen LogP contribution in [0.25, 0.3) is 0 Å². The highest BCUT2D eigenvalue weighted by Gasteiger charge is 2.31. The Hall–Kier alpha value is -1.26. The van der Waals surface area contributed by atoms with Gasteiger partial charge in [-0.2, -0.15) is 0 Å². The van der Waals surface area contributed by atoms with Crippen molar-refractivity contribution < 1.29 is 10.0 Å². The summed E-state index contributed by atoms with van der Waals surface area (Å²) in [5.41, 5.74) is 5.44. The highest BCUT2D eigenvalue weighted by Crippen LogP contribution is 2.27. The zero-order valence-electron chi connectivity index (χ0n) is 11.3. The van der Waals surface area contributed by atoms with Crippen molar-refractivity contribution in [2.45, 2.75) is 64.3 Å². The molecule has 1 amide bonds. The van der Waals surface area contributed by atoms with Crippen molar-refractivity contribution in [2.75, 3.05) is 6.54 Å². The number of carbonyl (C=O) groups is 1. The Morgan fingerprint density at radius 1 is 1.33 bits per heavy atom. The Morgan fingerprint density at radius 3 is 2.61 bits per heavy atom. The van der Waals surface area contributed by atoms with Crippen LogP contribution in [0, 0.1) is 0 Å². The highest BCUT2D eigenvalue weighted by molar-refractivity contribution is 5.81. The third kappa shape index (κ3) is 5.38. The number of rotatable bonds is 9. The summed E-state index contributed by atoms with van der Waals surface area (Å²) in [4.78, 5) is 14.0. The molecule has 0 heterocycles. The molecule has 1 saturated carbocycles. The first kappa shape index (κ1) is 14.8. The predicted octanol–water partition coefficient (Wildman–Crippen LogP) is 2.08. The minimum atomic E-state index is 0.194. The minimum absolute atomic E-state index is 0.194. The quantitative estimate of drug-likeness (QED) is 0.218. The van der Waals surface area contributed by atoms with Gasteiger partial charge in [0.15, 0.2) is 0 Å². The van der Waals surface area contributed by atoms with E-state index in [1.807, 2.05) is 4.90 Å². The zero-order valence-corrected chi connectivity index (χ0v) is 11.3.